The van der Waals surface area contributed by atoms with E-state index < -0.39 is 5.41 Å². The molecule has 2 heteroatoms. The number of rotatable bonds is 4. The highest BCUT2D eigenvalue weighted by Crippen LogP contribution is 2.65. The number of nitrogens with zero attached hydrogens (tertiary/aromatic N) is 1. The molecule has 10 aromatic rings. The van der Waals surface area contributed by atoms with Gasteiger partial charge in [-0.25, -0.2) is 0 Å². The molecular weight excluding hydrogens is 743 g/mol. The Morgan fingerprint density at radius 2 is 0.883 bits per heavy atom. The molecule has 0 saturated heterocycles. The fraction of sp³-hybridized carbons (Fsp3) is 0.0690. The Bertz CT molecular complexity index is 3360. The summed E-state index contributed by atoms with van der Waals surface area (Å²) in [4.78, 5) is 2.58. The molecule has 0 radical (unpaired) electrons. The fourth-order valence-corrected chi connectivity index (χ4v) is 12.6. The summed E-state index contributed by atoms with van der Waals surface area (Å²) in [5.74, 6) is 0. The molecule has 0 amide bonds. The van der Waals surface area contributed by atoms with Crippen molar-refractivity contribution in [2.75, 3.05) is 4.90 Å². The SMILES string of the molecule is CC1(C)c2ccccc2-c2c(-c3ccc(N(c4cccc5c4C4(c6ccccc6-c6ccccc64)c4ccccc4-5)c4cccc5sc6ccccc6c45)cc3)cccc21. The predicted molar refractivity (Wildman–Crippen MR) is 253 cm³/mol. The van der Waals surface area contributed by atoms with E-state index in [1.54, 1.807) is 0 Å². The second kappa shape index (κ2) is 12.3. The van der Waals surface area contributed by atoms with Gasteiger partial charge in [0, 0.05) is 36.8 Å². The molecule has 282 valence electrons. The second-order valence-electron chi connectivity index (χ2n) is 17.1. The molecule has 13 rings (SSSR count). The van der Waals surface area contributed by atoms with Gasteiger partial charge in [-0.1, -0.05) is 178 Å². The van der Waals surface area contributed by atoms with Crippen LogP contribution >= 0.6 is 11.3 Å². The van der Waals surface area contributed by atoms with Crippen LogP contribution in [0.15, 0.2) is 200 Å². The number of benzene rings is 9. The minimum Gasteiger partial charge on any atom is -0.309 e. The van der Waals surface area contributed by atoms with Crippen LogP contribution in [0.25, 0.3) is 64.7 Å². The molecular formula is C58H39NS. The third-order valence-electron chi connectivity index (χ3n) is 13.9. The molecule has 1 spiro atoms. The van der Waals surface area contributed by atoms with Crippen LogP contribution in [-0.4, -0.2) is 0 Å². The summed E-state index contributed by atoms with van der Waals surface area (Å²) in [6, 6.07) is 75.4. The van der Waals surface area contributed by atoms with E-state index in [1.165, 1.54) is 109 Å². The van der Waals surface area contributed by atoms with E-state index in [1.807, 2.05) is 11.3 Å². The highest BCUT2D eigenvalue weighted by atomic mass is 32.1. The van der Waals surface area contributed by atoms with E-state index in [-0.39, 0.29) is 5.41 Å². The van der Waals surface area contributed by atoms with Gasteiger partial charge in [-0.3, -0.25) is 0 Å². The molecule has 60 heavy (non-hydrogen) atoms. The van der Waals surface area contributed by atoms with Crippen LogP contribution in [-0.2, 0) is 10.8 Å². The summed E-state index contributed by atoms with van der Waals surface area (Å²) in [7, 11) is 0. The van der Waals surface area contributed by atoms with E-state index in [9.17, 15) is 0 Å². The molecule has 0 unspecified atom stereocenters. The molecule has 1 heterocycles. The average molecular weight is 782 g/mol. The zero-order valence-electron chi connectivity index (χ0n) is 33.4. The van der Waals surface area contributed by atoms with E-state index in [2.05, 4.69) is 219 Å². The Labute approximate surface area is 354 Å². The number of anilines is 3. The van der Waals surface area contributed by atoms with Crippen LogP contribution < -0.4 is 4.90 Å². The Balaban J connectivity index is 1.10. The molecule has 0 aliphatic heterocycles. The van der Waals surface area contributed by atoms with Crippen molar-refractivity contribution in [2.45, 2.75) is 24.7 Å². The van der Waals surface area contributed by atoms with Crippen molar-refractivity contribution >= 4 is 48.6 Å². The maximum absolute atomic E-state index is 2.58. The lowest BCUT2D eigenvalue weighted by Crippen LogP contribution is -2.28. The first-order chi connectivity index (χ1) is 29.5. The monoisotopic (exact) mass is 781 g/mol. The molecule has 0 bridgehead atoms. The first kappa shape index (κ1) is 33.9. The van der Waals surface area contributed by atoms with Gasteiger partial charge in [0.2, 0.25) is 0 Å². The molecule has 3 aliphatic carbocycles. The number of hydrogen-bond donors (Lipinski definition) is 0. The quantitative estimate of drug-likeness (QED) is 0.172. The molecule has 0 saturated carbocycles. The van der Waals surface area contributed by atoms with Crippen LogP contribution in [0.2, 0.25) is 0 Å². The van der Waals surface area contributed by atoms with Gasteiger partial charge in [-0.15, -0.1) is 11.3 Å². The lowest BCUT2D eigenvalue weighted by Gasteiger charge is -2.36. The summed E-state index contributed by atoms with van der Waals surface area (Å²) in [6.07, 6.45) is 0. The topological polar surface area (TPSA) is 3.24 Å². The Kier molecular flexibility index (Phi) is 6.94. The molecule has 1 aromatic heterocycles. The maximum Gasteiger partial charge on any atom is 0.0746 e. The summed E-state index contributed by atoms with van der Waals surface area (Å²) >= 11 is 1.88. The van der Waals surface area contributed by atoms with Crippen molar-refractivity contribution in [1.82, 2.24) is 0 Å². The van der Waals surface area contributed by atoms with Crippen molar-refractivity contribution in [3.8, 4) is 44.5 Å². The van der Waals surface area contributed by atoms with Gasteiger partial charge < -0.3 is 4.90 Å². The van der Waals surface area contributed by atoms with Gasteiger partial charge in [0.15, 0.2) is 0 Å². The smallest absolute Gasteiger partial charge is 0.0746 e. The third kappa shape index (κ3) is 4.31. The van der Waals surface area contributed by atoms with Crippen molar-refractivity contribution < 1.29 is 0 Å². The largest absolute Gasteiger partial charge is 0.309 e. The van der Waals surface area contributed by atoms with Gasteiger partial charge in [0.1, 0.15) is 0 Å². The average Bonchev–Trinajstić information content (AvgIpc) is 4.00. The fourth-order valence-electron chi connectivity index (χ4n) is 11.5. The Hall–Kier alpha value is -7.00. The van der Waals surface area contributed by atoms with E-state index >= 15 is 0 Å². The summed E-state index contributed by atoms with van der Waals surface area (Å²) in [5, 5.41) is 2.58. The van der Waals surface area contributed by atoms with Crippen LogP contribution in [0.3, 0.4) is 0 Å². The predicted octanol–water partition coefficient (Wildman–Crippen LogP) is 15.8. The van der Waals surface area contributed by atoms with E-state index in [0.29, 0.717) is 0 Å². The minimum absolute atomic E-state index is 0.0562. The van der Waals surface area contributed by atoms with E-state index in [4.69, 9.17) is 0 Å². The lowest BCUT2D eigenvalue weighted by atomic mass is 9.70. The molecule has 0 N–H and O–H groups in total. The molecule has 0 fully saturated rings. The normalized spacial score (nSPS) is 14.4. The molecule has 0 atom stereocenters. The number of fused-ring (bicyclic) bond motifs is 16. The minimum atomic E-state index is -0.497. The highest BCUT2D eigenvalue weighted by Gasteiger charge is 2.53. The van der Waals surface area contributed by atoms with Crippen molar-refractivity contribution in [3.63, 3.8) is 0 Å². The van der Waals surface area contributed by atoms with Crippen LogP contribution in [0.5, 0.6) is 0 Å². The standard InChI is InChI=1S/C58H39NS/c1-57(2)45-23-8-6-19-43(45)54-38(21-13-27-49(54)57)36-32-34-37(35-33-36)59(50-28-15-31-53-55(50)44-20-7-12-30-52(44)60-53)51-29-14-22-42-41-18-5-11-26-48(41)58(56(42)51)46-24-9-3-16-39(46)40-17-4-10-25-47(40)58/h3-35H,1-2H3. The van der Waals surface area contributed by atoms with E-state index in [0.717, 1.165) is 5.69 Å². The third-order valence-corrected chi connectivity index (χ3v) is 15.0. The van der Waals surface area contributed by atoms with Gasteiger partial charge in [-0.2, -0.15) is 0 Å². The van der Waals surface area contributed by atoms with Gasteiger partial charge >= 0.3 is 0 Å². The Morgan fingerprint density at radius 3 is 1.60 bits per heavy atom. The summed E-state index contributed by atoms with van der Waals surface area (Å²) in [6.45, 7) is 4.73. The van der Waals surface area contributed by atoms with Crippen molar-refractivity contribution in [3.05, 3.63) is 234 Å². The van der Waals surface area contributed by atoms with Crippen LogP contribution in [0.1, 0.15) is 47.2 Å². The zero-order chi connectivity index (χ0) is 39.7. The lowest BCUT2D eigenvalue weighted by molar-refractivity contribution is 0.660. The van der Waals surface area contributed by atoms with Gasteiger partial charge in [-0.05, 0) is 109 Å². The van der Waals surface area contributed by atoms with Crippen molar-refractivity contribution in [2.24, 2.45) is 0 Å². The van der Waals surface area contributed by atoms with Crippen LogP contribution in [0, 0.1) is 0 Å². The van der Waals surface area contributed by atoms with Crippen molar-refractivity contribution in [1.29, 1.82) is 0 Å². The van der Waals surface area contributed by atoms with Gasteiger partial charge in [0.25, 0.3) is 0 Å². The summed E-state index contributed by atoms with van der Waals surface area (Å²) < 4.78 is 2.59. The molecule has 1 nitrogen and oxygen atoms in total. The zero-order valence-corrected chi connectivity index (χ0v) is 34.2. The second-order valence-corrected chi connectivity index (χ2v) is 18.2. The Morgan fingerprint density at radius 1 is 0.383 bits per heavy atom. The van der Waals surface area contributed by atoms with Crippen LogP contribution in [0.4, 0.5) is 17.1 Å². The first-order valence-electron chi connectivity index (χ1n) is 21.0. The molecule has 3 aliphatic rings. The van der Waals surface area contributed by atoms with Gasteiger partial charge in [0.05, 0.1) is 16.8 Å². The number of thiophene rings is 1. The highest BCUT2D eigenvalue weighted by molar-refractivity contribution is 7.26. The first-order valence-corrected chi connectivity index (χ1v) is 21.8. The number of hydrogen-bond acceptors (Lipinski definition) is 2. The summed E-state index contributed by atoms with van der Waals surface area (Å²) in [5.41, 5.74) is 21.6. The molecule has 9 aromatic carbocycles. The maximum atomic E-state index is 2.58.